The van der Waals surface area contributed by atoms with Crippen LogP contribution in [0, 0.1) is 0 Å². The fourth-order valence-corrected chi connectivity index (χ4v) is 5.07. The Balaban J connectivity index is 1.53. The molecule has 2 aliphatic rings. The molecule has 1 saturated carbocycles. The van der Waals surface area contributed by atoms with Gasteiger partial charge in [-0.2, -0.15) is 5.10 Å². The Labute approximate surface area is 180 Å². The van der Waals surface area contributed by atoms with Crippen LogP contribution in [0.2, 0.25) is 5.02 Å². The molecule has 5 nitrogen and oxygen atoms in total. The molecule has 3 aromatic rings. The number of benzene rings is 2. The molecule has 0 saturated heterocycles. The van der Waals surface area contributed by atoms with E-state index in [-0.39, 0.29) is 11.0 Å². The van der Waals surface area contributed by atoms with Gasteiger partial charge in [0.25, 0.3) is 5.56 Å². The lowest BCUT2D eigenvalue weighted by atomic mass is 9.62. The zero-order valence-electron chi connectivity index (χ0n) is 16.6. The van der Waals surface area contributed by atoms with E-state index in [4.69, 9.17) is 16.6 Å². The Hall–Kier alpha value is -2.92. The van der Waals surface area contributed by atoms with Crippen LogP contribution in [0.25, 0.3) is 11.3 Å². The van der Waals surface area contributed by atoms with Crippen molar-refractivity contribution in [3.05, 3.63) is 80.6 Å². The van der Waals surface area contributed by atoms with Gasteiger partial charge in [-0.3, -0.25) is 9.78 Å². The van der Waals surface area contributed by atoms with E-state index >= 15 is 0 Å². The van der Waals surface area contributed by atoms with Gasteiger partial charge in [-0.05, 0) is 42.5 Å². The molecule has 0 aliphatic heterocycles. The molecule has 1 spiro atoms. The number of fused-ring (bicyclic) bond motifs is 4. The Morgan fingerprint density at radius 1 is 1.07 bits per heavy atom. The second kappa shape index (κ2) is 7.73. The third kappa shape index (κ3) is 3.43. The van der Waals surface area contributed by atoms with Crippen molar-refractivity contribution >= 4 is 23.8 Å². The van der Waals surface area contributed by atoms with Crippen LogP contribution >= 0.6 is 11.6 Å². The summed E-state index contributed by atoms with van der Waals surface area (Å²) in [7, 11) is 0. The first kappa shape index (κ1) is 19.1. The Morgan fingerprint density at radius 3 is 2.63 bits per heavy atom. The largest absolute Gasteiger partial charge is 0.291 e. The van der Waals surface area contributed by atoms with Gasteiger partial charge in [0, 0.05) is 16.0 Å². The molecular weight excluding hydrogens is 396 g/mol. The second-order valence-corrected chi connectivity index (χ2v) is 8.67. The van der Waals surface area contributed by atoms with E-state index in [1.165, 1.54) is 12.0 Å². The molecule has 0 amide bonds. The van der Waals surface area contributed by atoms with Gasteiger partial charge in [-0.1, -0.05) is 67.3 Å². The number of halogens is 1. The lowest BCUT2D eigenvalue weighted by Gasteiger charge is -2.41. The van der Waals surface area contributed by atoms with Crippen LogP contribution in [0.1, 0.15) is 48.8 Å². The van der Waals surface area contributed by atoms with E-state index in [0.29, 0.717) is 11.0 Å². The van der Waals surface area contributed by atoms with Crippen molar-refractivity contribution in [2.45, 2.75) is 43.9 Å². The average molecular weight is 419 g/mol. The molecule has 1 aromatic heterocycles. The van der Waals surface area contributed by atoms with E-state index in [0.717, 1.165) is 54.5 Å². The highest BCUT2D eigenvalue weighted by Gasteiger charge is 2.42. The Morgan fingerprint density at radius 2 is 1.83 bits per heavy atom. The minimum Gasteiger partial charge on any atom is -0.291 e. The van der Waals surface area contributed by atoms with Crippen molar-refractivity contribution in [2.75, 3.05) is 5.43 Å². The van der Waals surface area contributed by atoms with E-state index in [1.54, 1.807) is 6.21 Å². The normalized spacial score (nSPS) is 17.0. The molecule has 0 radical (unpaired) electrons. The van der Waals surface area contributed by atoms with Gasteiger partial charge in [0.2, 0.25) is 5.95 Å². The highest BCUT2D eigenvalue weighted by molar-refractivity contribution is 6.30. The summed E-state index contributed by atoms with van der Waals surface area (Å²) < 4.78 is 0. The maximum Gasteiger partial charge on any atom is 0.256 e. The van der Waals surface area contributed by atoms with Crippen molar-refractivity contribution in [1.29, 1.82) is 0 Å². The highest BCUT2D eigenvalue weighted by atomic mass is 35.5. The molecule has 1 heterocycles. The highest BCUT2D eigenvalue weighted by Crippen LogP contribution is 2.48. The monoisotopic (exact) mass is 418 g/mol. The predicted molar refractivity (Wildman–Crippen MR) is 121 cm³/mol. The van der Waals surface area contributed by atoms with Gasteiger partial charge in [0.15, 0.2) is 0 Å². The maximum absolute atomic E-state index is 13.2. The smallest absolute Gasteiger partial charge is 0.256 e. The first-order chi connectivity index (χ1) is 14.6. The van der Waals surface area contributed by atoms with Crippen LogP contribution in [0.4, 0.5) is 5.95 Å². The van der Waals surface area contributed by atoms with Crippen molar-refractivity contribution in [3.8, 4) is 11.3 Å². The quantitative estimate of drug-likeness (QED) is 0.448. The average Bonchev–Trinajstić information content (AvgIpc) is 2.75. The first-order valence-electron chi connectivity index (χ1n) is 10.4. The zero-order valence-corrected chi connectivity index (χ0v) is 17.4. The van der Waals surface area contributed by atoms with Crippen LogP contribution in [0.3, 0.4) is 0 Å². The lowest BCUT2D eigenvalue weighted by molar-refractivity contribution is 0.285. The summed E-state index contributed by atoms with van der Waals surface area (Å²) in [6.07, 6.45) is 8.23. The summed E-state index contributed by atoms with van der Waals surface area (Å²) in [4.78, 5) is 21.0. The maximum atomic E-state index is 13.2. The van der Waals surface area contributed by atoms with Crippen LogP contribution in [-0.2, 0) is 11.8 Å². The SMILES string of the molecule is O=c1[nH]c(N/N=C\c2ccc(Cl)cc2)nc2c1C1(CCCCC1)Cc1ccccc1-2. The zero-order chi connectivity index (χ0) is 20.6. The number of nitrogens with one attached hydrogen (secondary N) is 2. The Bertz CT molecular complexity index is 1160. The van der Waals surface area contributed by atoms with E-state index in [2.05, 4.69) is 33.7 Å². The number of H-pyrrole nitrogens is 1. The number of aromatic nitrogens is 2. The van der Waals surface area contributed by atoms with Crippen LogP contribution in [-0.4, -0.2) is 16.2 Å². The van der Waals surface area contributed by atoms with Crippen molar-refractivity contribution in [3.63, 3.8) is 0 Å². The fraction of sp³-hybridized carbons (Fsp3) is 0.292. The number of rotatable bonds is 3. The number of hydrogen-bond donors (Lipinski definition) is 2. The topological polar surface area (TPSA) is 70.1 Å². The number of nitrogens with zero attached hydrogens (tertiary/aromatic N) is 2. The van der Waals surface area contributed by atoms with Crippen LogP contribution in [0.15, 0.2) is 58.4 Å². The summed E-state index contributed by atoms with van der Waals surface area (Å²) >= 11 is 5.92. The summed E-state index contributed by atoms with van der Waals surface area (Å²) in [6, 6.07) is 15.7. The molecule has 6 heteroatoms. The molecule has 30 heavy (non-hydrogen) atoms. The van der Waals surface area contributed by atoms with E-state index < -0.39 is 0 Å². The summed E-state index contributed by atoms with van der Waals surface area (Å²) in [5.74, 6) is 0.353. The molecule has 1 fully saturated rings. The van der Waals surface area contributed by atoms with Crippen LogP contribution < -0.4 is 11.0 Å². The molecule has 2 aromatic carbocycles. The number of hydrogen-bond acceptors (Lipinski definition) is 4. The van der Waals surface area contributed by atoms with E-state index in [1.807, 2.05) is 30.3 Å². The van der Waals surface area contributed by atoms with Gasteiger partial charge in [0.05, 0.1) is 17.5 Å². The minimum absolute atomic E-state index is 0.0550. The standard InChI is InChI=1S/C24H23ClN4O/c25-18-10-8-16(9-11-18)15-26-29-23-27-21-19-7-3-2-6-17(19)14-24(12-4-1-5-13-24)20(21)22(30)28-23/h2-3,6-11,15H,1,4-5,12-14H2,(H2,27,28,29,30)/b26-15-. The number of aromatic amines is 1. The Kier molecular flexibility index (Phi) is 4.91. The van der Waals surface area contributed by atoms with Gasteiger partial charge in [-0.15, -0.1) is 0 Å². The number of hydrazone groups is 1. The fourth-order valence-electron chi connectivity index (χ4n) is 4.94. The molecule has 0 unspecified atom stereocenters. The summed E-state index contributed by atoms with van der Waals surface area (Å²) in [6.45, 7) is 0. The van der Waals surface area contributed by atoms with Gasteiger partial charge in [0.1, 0.15) is 0 Å². The van der Waals surface area contributed by atoms with Gasteiger partial charge in [-0.25, -0.2) is 10.4 Å². The van der Waals surface area contributed by atoms with Crippen LogP contribution in [0.5, 0.6) is 0 Å². The predicted octanol–water partition coefficient (Wildman–Crippen LogP) is 5.29. The molecule has 0 bridgehead atoms. The van der Waals surface area contributed by atoms with Crippen molar-refractivity contribution in [2.24, 2.45) is 5.10 Å². The minimum atomic E-state index is -0.104. The van der Waals surface area contributed by atoms with Gasteiger partial charge < -0.3 is 0 Å². The van der Waals surface area contributed by atoms with E-state index in [9.17, 15) is 4.79 Å². The molecule has 0 atom stereocenters. The molecular formula is C24H23ClN4O. The third-order valence-corrected chi connectivity index (χ3v) is 6.57. The molecule has 2 aliphatic carbocycles. The molecule has 2 N–H and O–H groups in total. The van der Waals surface area contributed by atoms with Crippen molar-refractivity contribution in [1.82, 2.24) is 9.97 Å². The molecule has 152 valence electrons. The summed E-state index contributed by atoms with van der Waals surface area (Å²) in [5.41, 5.74) is 7.62. The number of anilines is 1. The second-order valence-electron chi connectivity index (χ2n) is 8.23. The molecule has 5 rings (SSSR count). The van der Waals surface area contributed by atoms with Crippen molar-refractivity contribution < 1.29 is 0 Å². The first-order valence-corrected chi connectivity index (χ1v) is 10.8. The third-order valence-electron chi connectivity index (χ3n) is 6.32. The summed E-state index contributed by atoms with van der Waals surface area (Å²) in [5, 5.41) is 4.92. The lowest BCUT2D eigenvalue weighted by Crippen LogP contribution is -2.40. The van der Waals surface area contributed by atoms with Gasteiger partial charge >= 0.3 is 0 Å².